The monoisotopic (exact) mass is 473 g/mol. The molecule has 0 saturated carbocycles. The van der Waals surface area contributed by atoms with E-state index in [0.717, 1.165) is 54.4 Å². The van der Waals surface area contributed by atoms with Crippen LogP contribution in [0.15, 0.2) is 61.1 Å². The van der Waals surface area contributed by atoms with Crippen LogP contribution in [-0.2, 0) is 31.2 Å². The lowest BCUT2D eigenvalue weighted by molar-refractivity contribution is -0.124. The normalized spacial score (nSPS) is 15.4. The predicted molar refractivity (Wildman–Crippen MR) is 132 cm³/mol. The molecule has 2 heterocycles. The van der Waals surface area contributed by atoms with Gasteiger partial charge in [0, 0.05) is 61.1 Å². The third-order valence-corrected chi connectivity index (χ3v) is 6.73. The highest BCUT2D eigenvalue weighted by Crippen LogP contribution is 2.37. The number of fused-ring (bicyclic) bond motifs is 2. The van der Waals surface area contributed by atoms with Crippen LogP contribution in [0.4, 0.5) is 4.39 Å². The second-order valence-corrected chi connectivity index (χ2v) is 9.07. The molecule has 0 spiro atoms. The first-order chi connectivity index (χ1) is 17.0. The molecule has 180 valence electrons. The molecule has 1 atom stereocenters. The zero-order chi connectivity index (χ0) is 24.4. The molecule has 4 aromatic rings. The molecule has 1 aliphatic carbocycles. The number of aromatic amines is 1. The van der Waals surface area contributed by atoms with E-state index in [2.05, 4.69) is 33.3 Å². The number of amides is 1. The van der Waals surface area contributed by atoms with E-state index in [4.69, 9.17) is 5.21 Å². The van der Waals surface area contributed by atoms with Crippen molar-refractivity contribution in [3.05, 3.63) is 94.7 Å². The van der Waals surface area contributed by atoms with Crippen LogP contribution in [0.1, 0.15) is 40.3 Å². The fourth-order valence-electron chi connectivity index (χ4n) is 5.07. The van der Waals surface area contributed by atoms with Gasteiger partial charge in [-0.3, -0.25) is 19.6 Å². The second kappa shape index (κ2) is 9.85. The Morgan fingerprint density at radius 2 is 2.23 bits per heavy atom. The van der Waals surface area contributed by atoms with Gasteiger partial charge in [0.25, 0.3) is 5.91 Å². The van der Waals surface area contributed by atoms with E-state index in [0.29, 0.717) is 0 Å². The summed E-state index contributed by atoms with van der Waals surface area (Å²) >= 11 is 0. The van der Waals surface area contributed by atoms with E-state index < -0.39 is 5.91 Å². The topological polar surface area (TPSA) is 86.2 Å². The highest BCUT2D eigenvalue weighted by atomic mass is 19.1. The molecule has 1 unspecified atom stereocenters. The maximum Gasteiger partial charge on any atom is 0.267 e. The third kappa shape index (κ3) is 5.03. The molecular weight excluding hydrogens is 445 g/mol. The van der Waals surface area contributed by atoms with Gasteiger partial charge in [-0.25, -0.2) is 9.87 Å². The Morgan fingerprint density at radius 3 is 3.03 bits per heavy atom. The van der Waals surface area contributed by atoms with Crippen LogP contribution in [0.25, 0.3) is 17.0 Å². The number of carbonyl (C=O) groups is 1. The van der Waals surface area contributed by atoms with Crippen LogP contribution in [0.3, 0.4) is 0 Å². The molecule has 0 bridgehead atoms. The van der Waals surface area contributed by atoms with E-state index >= 15 is 0 Å². The summed E-state index contributed by atoms with van der Waals surface area (Å²) in [5.41, 5.74) is 8.29. The maximum atomic E-state index is 13.6. The summed E-state index contributed by atoms with van der Waals surface area (Å²) in [6.07, 6.45) is 11.8. The summed E-state index contributed by atoms with van der Waals surface area (Å²) in [6, 6.07) is 11.4. The zero-order valence-electron chi connectivity index (χ0n) is 19.5. The van der Waals surface area contributed by atoms with Crippen LogP contribution in [0.5, 0.6) is 0 Å². The number of nitrogens with one attached hydrogen (secondary N) is 2. The van der Waals surface area contributed by atoms with Crippen molar-refractivity contribution >= 4 is 22.9 Å². The van der Waals surface area contributed by atoms with Gasteiger partial charge in [-0.1, -0.05) is 18.2 Å². The SMILES string of the molecule is Cn1cc(CN(CCc2c[nH]c3cc(F)ccc23)C2CCc3cc(C=CC(=O)NO)ccc32)cn1. The lowest BCUT2D eigenvalue weighted by Gasteiger charge is -2.29. The first-order valence-corrected chi connectivity index (χ1v) is 11.7. The largest absolute Gasteiger partial charge is 0.361 e. The number of aryl methyl sites for hydroxylation is 2. The Balaban J connectivity index is 1.38. The number of benzene rings is 2. The van der Waals surface area contributed by atoms with Gasteiger partial charge >= 0.3 is 0 Å². The van der Waals surface area contributed by atoms with Crippen LogP contribution >= 0.6 is 0 Å². The van der Waals surface area contributed by atoms with Gasteiger partial charge in [0.15, 0.2) is 0 Å². The summed E-state index contributed by atoms with van der Waals surface area (Å²) in [4.78, 5) is 17.0. The predicted octanol–water partition coefficient (Wildman–Crippen LogP) is 4.29. The number of hydrogen-bond donors (Lipinski definition) is 3. The van der Waals surface area contributed by atoms with Crippen LogP contribution in [-0.4, -0.2) is 37.3 Å². The molecule has 2 aromatic carbocycles. The van der Waals surface area contributed by atoms with Crippen molar-refractivity contribution < 1.29 is 14.4 Å². The van der Waals surface area contributed by atoms with E-state index in [9.17, 15) is 9.18 Å². The lowest BCUT2D eigenvalue weighted by Crippen LogP contribution is -2.29. The molecule has 1 amide bonds. The van der Waals surface area contributed by atoms with Crippen LogP contribution in [0.2, 0.25) is 0 Å². The van der Waals surface area contributed by atoms with Gasteiger partial charge in [-0.05, 0) is 65.8 Å². The summed E-state index contributed by atoms with van der Waals surface area (Å²) in [6.45, 7) is 1.63. The molecule has 2 aromatic heterocycles. The molecule has 5 rings (SSSR count). The summed E-state index contributed by atoms with van der Waals surface area (Å²) in [5, 5.41) is 14.1. The fraction of sp³-hybridized carbons (Fsp3) is 0.259. The van der Waals surface area contributed by atoms with Crippen molar-refractivity contribution in [1.82, 2.24) is 25.1 Å². The van der Waals surface area contributed by atoms with Crippen molar-refractivity contribution in [3.8, 4) is 0 Å². The number of halogens is 1. The standard InChI is InChI=1S/C27H28FN5O2/c1-32-16-19(14-30-32)17-33(11-10-21-15-29-25-13-22(28)5-7-23(21)25)26-8-4-20-12-18(2-6-24(20)26)3-9-27(34)31-35/h2-3,5-7,9,12-16,26,29,35H,4,8,10-11,17H2,1H3,(H,31,34). The summed E-state index contributed by atoms with van der Waals surface area (Å²) < 4.78 is 15.4. The summed E-state index contributed by atoms with van der Waals surface area (Å²) in [7, 11) is 1.93. The smallest absolute Gasteiger partial charge is 0.267 e. The molecule has 0 fully saturated rings. The van der Waals surface area contributed by atoms with Crippen molar-refractivity contribution in [3.63, 3.8) is 0 Å². The Bertz CT molecular complexity index is 1390. The molecular formula is C27H28FN5O2. The van der Waals surface area contributed by atoms with Crippen molar-refractivity contribution in [2.45, 2.75) is 31.8 Å². The van der Waals surface area contributed by atoms with Gasteiger partial charge in [0.2, 0.25) is 0 Å². The number of rotatable bonds is 8. The van der Waals surface area contributed by atoms with Gasteiger partial charge in [0.1, 0.15) is 5.82 Å². The molecule has 0 radical (unpaired) electrons. The minimum Gasteiger partial charge on any atom is -0.361 e. The average Bonchev–Trinajstić information content (AvgIpc) is 3.58. The number of nitrogens with zero attached hydrogens (tertiary/aromatic N) is 3. The molecule has 0 saturated heterocycles. The molecule has 1 aliphatic rings. The zero-order valence-corrected chi connectivity index (χ0v) is 19.5. The number of H-pyrrole nitrogens is 1. The minimum absolute atomic E-state index is 0.238. The molecule has 8 heteroatoms. The Morgan fingerprint density at radius 1 is 1.34 bits per heavy atom. The molecule has 3 N–H and O–H groups in total. The fourth-order valence-corrected chi connectivity index (χ4v) is 5.07. The first kappa shape index (κ1) is 23.0. The van der Waals surface area contributed by atoms with E-state index in [1.54, 1.807) is 11.6 Å². The number of aromatic nitrogens is 3. The Hall–Kier alpha value is -3.75. The van der Waals surface area contributed by atoms with Crippen molar-refractivity contribution in [1.29, 1.82) is 0 Å². The van der Waals surface area contributed by atoms with Gasteiger partial charge in [0.05, 0.1) is 6.20 Å². The Labute approximate surface area is 202 Å². The quantitative estimate of drug-likeness (QED) is 0.202. The lowest BCUT2D eigenvalue weighted by atomic mass is 10.0. The number of carbonyl (C=O) groups excluding carboxylic acids is 1. The van der Waals surface area contributed by atoms with E-state index in [1.807, 2.05) is 36.3 Å². The third-order valence-electron chi connectivity index (χ3n) is 6.73. The second-order valence-electron chi connectivity index (χ2n) is 9.07. The Kier molecular flexibility index (Phi) is 6.48. The van der Waals surface area contributed by atoms with E-state index in [-0.39, 0.29) is 11.9 Å². The number of hydroxylamine groups is 1. The van der Waals surface area contributed by atoms with Crippen LogP contribution in [0, 0.1) is 5.82 Å². The minimum atomic E-state index is -0.550. The number of hydrogen-bond acceptors (Lipinski definition) is 4. The average molecular weight is 474 g/mol. The summed E-state index contributed by atoms with van der Waals surface area (Å²) in [5.74, 6) is -0.788. The maximum absolute atomic E-state index is 13.6. The highest BCUT2D eigenvalue weighted by Gasteiger charge is 2.28. The molecule has 35 heavy (non-hydrogen) atoms. The van der Waals surface area contributed by atoms with Gasteiger partial charge in [-0.2, -0.15) is 5.10 Å². The molecule has 7 nitrogen and oxygen atoms in total. The van der Waals surface area contributed by atoms with Gasteiger partial charge < -0.3 is 4.98 Å². The van der Waals surface area contributed by atoms with Crippen molar-refractivity contribution in [2.75, 3.05) is 6.54 Å². The van der Waals surface area contributed by atoms with Gasteiger partial charge in [-0.15, -0.1) is 0 Å². The van der Waals surface area contributed by atoms with Crippen LogP contribution < -0.4 is 5.48 Å². The first-order valence-electron chi connectivity index (χ1n) is 11.7. The highest BCUT2D eigenvalue weighted by molar-refractivity contribution is 5.90. The molecule has 0 aliphatic heterocycles. The van der Waals surface area contributed by atoms with Crippen molar-refractivity contribution in [2.24, 2.45) is 7.05 Å². The van der Waals surface area contributed by atoms with E-state index in [1.165, 1.54) is 34.9 Å².